The van der Waals surface area contributed by atoms with Crippen molar-refractivity contribution in [3.8, 4) is 0 Å². The summed E-state index contributed by atoms with van der Waals surface area (Å²) in [5.74, 6) is 0. The molecule has 7 heteroatoms. The zero-order valence-corrected chi connectivity index (χ0v) is 15.2. The maximum atomic E-state index is 12.5. The zero-order chi connectivity index (χ0) is 16.9. The number of imidazole rings is 1. The fourth-order valence-electron chi connectivity index (χ4n) is 2.88. The van der Waals surface area contributed by atoms with Crippen molar-refractivity contribution in [3.05, 3.63) is 32.7 Å². The molecule has 0 radical (unpaired) electrons. The van der Waals surface area contributed by atoms with Crippen LogP contribution in [0.4, 0.5) is 4.79 Å². The normalized spacial score (nSPS) is 18.1. The summed E-state index contributed by atoms with van der Waals surface area (Å²) in [4.78, 5) is 29.3. The molecule has 1 aromatic heterocycles. The van der Waals surface area contributed by atoms with Crippen LogP contribution in [-0.4, -0.2) is 32.2 Å². The van der Waals surface area contributed by atoms with Gasteiger partial charge < -0.3 is 9.72 Å². The Balaban J connectivity index is 2.06. The Bertz CT molecular complexity index is 831. The molecule has 6 nitrogen and oxygen atoms in total. The van der Waals surface area contributed by atoms with Crippen LogP contribution < -0.4 is 5.69 Å². The highest BCUT2D eigenvalue weighted by molar-refractivity contribution is 9.10. The number of nitrogens with one attached hydrogen (secondary N) is 1. The van der Waals surface area contributed by atoms with Gasteiger partial charge in [0.05, 0.1) is 23.6 Å². The van der Waals surface area contributed by atoms with Gasteiger partial charge in [0.2, 0.25) is 0 Å². The number of aromatic amines is 1. The van der Waals surface area contributed by atoms with Crippen LogP contribution in [0, 0.1) is 0 Å². The van der Waals surface area contributed by atoms with Crippen molar-refractivity contribution in [2.75, 3.05) is 0 Å². The Hall–Kier alpha value is -1.76. The van der Waals surface area contributed by atoms with Crippen LogP contribution in [0.5, 0.6) is 0 Å². The van der Waals surface area contributed by atoms with Gasteiger partial charge in [0, 0.05) is 11.0 Å². The highest BCUT2D eigenvalue weighted by Gasteiger charge is 2.30. The molecule has 0 saturated carbocycles. The van der Waals surface area contributed by atoms with Gasteiger partial charge in [0.25, 0.3) is 0 Å². The molecule has 0 spiro atoms. The molecule has 3 rings (SSSR count). The van der Waals surface area contributed by atoms with Gasteiger partial charge in [-0.3, -0.25) is 9.47 Å². The molecule has 1 atom stereocenters. The molecule has 1 N–H and O–H groups in total. The molecule has 0 saturated heterocycles. The van der Waals surface area contributed by atoms with Gasteiger partial charge in [-0.25, -0.2) is 9.59 Å². The molecule has 1 aliphatic rings. The second kappa shape index (κ2) is 5.40. The minimum Gasteiger partial charge on any atom is -0.444 e. The van der Waals surface area contributed by atoms with Crippen molar-refractivity contribution in [1.82, 2.24) is 14.5 Å². The van der Waals surface area contributed by atoms with E-state index in [1.165, 1.54) is 0 Å². The van der Waals surface area contributed by atoms with E-state index in [0.717, 1.165) is 21.1 Å². The molecule has 0 aliphatic carbocycles. The maximum absolute atomic E-state index is 12.5. The van der Waals surface area contributed by atoms with Crippen LogP contribution in [0.25, 0.3) is 11.0 Å². The number of H-pyrrole nitrogens is 1. The maximum Gasteiger partial charge on any atom is 0.410 e. The predicted molar refractivity (Wildman–Crippen MR) is 91.5 cm³/mol. The molecule has 0 unspecified atom stereocenters. The summed E-state index contributed by atoms with van der Waals surface area (Å²) in [6, 6.07) is 3.68. The van der Waals surface area contributed by atoms with E-state index in [1.54, 1.807) is 9.47 Å². The number of aromatic nitrogens is 2. The van der Waals surface area contributed by atoms with Gasteiger partial charge >= 0.3 is 11.8 Å². The summed E-state index contributed by atoms with van der Waals surface area (Å²) in [5, 5.41) is 0. The topological polar surface area (TPSA) is 67.3 Å². The van der Waals surface area contributed by atoms with Crippen LogP contribution in [0.2, 0.25) is 0 Å². The molecule has 2 aromatic rings. The van der Waals surface area contributed by atoms with Crippen molar-refractivity contribution in [2.24, 2.45) is 0 Å². The number of hydrogen-bond acceptors (Lipinski definition) is 3. The number of halogens is 1. The van der Waals surface area contributed by atoms with E-state index in [1.807, 2.05) is 39.8 Å². The van der Waals surface area contributed by atoms with E-state index in [9.17, 15) is 9.59 Å². The average molecular weight is 382 g/mol. The van der Waals surface area contributed by atoms with Crippen molar-refractivity contribution >= 4 is 33.1 Å². The molecular weight excluding hydrogens is 362 g/mol. The van der Waals surface area contributed by atoms with Gasteiger partial charge in [-0.15, -0.1) is 0 Å². The number of ether oxygens (including phenoxy) is 1. The molecule has 1 aliphatic heterocycles. The van der Waals surface area contributed by atoms with Crippen LogP contribution in [0.3, 0.4) is 0 Å². The number of amides is 1. The van der Waals surface area contributed by atoms with Gasteiger partial charge in [-0.1, -0.05) is 6.07 Å². The summed E-state index contributed by atoms with van der Waals surface area (Å²) in [6.45, 7) is 8.31. The van der Waals surface area contributed by atoms with Crippen molar-refractivity contribution in [2.45, 2.75) is 52.4 Å². The third-order valence-electron chi connectivity index (χ3n) is 3.91. The van der Waals surface area contributed by atoms with E-state index >= 15 is 0 Å². The Morgan fingerprint density at radius 3 is 2.74 bits per heavy atom. The van der Waals surface area contributed by atoms with E-state index in [2.05, 4.69) is 20.9 Å². The Kier molecular flexibility index (Phi) is 3.78. The molecule has 0 bridgehead atoms. The second-order valence-corrected chi connectivity index (χ2v) is 7.78. The average Bonchev–Trinajstić information content (AvgIpc) is 2.65. The monoisotopic (exact) mass is 381 g/mol. The van der Waals surface area contributed by atoms with Crippen molar-refractivity contribution < 1.29 is 9.53 Å². The standard InChI is InChI=1S/C16H20BrN3O3/c1-9-7-20-13-10(5-6-11(17)12(13)18-14(20)21)8-19(9)15(22)23-16(2,3)4/h5-6,9H,7-8H2,1-4H3,(H,18,21)/t9-/m0/s1. The van der Waals surface area contributed by atoms with E-state index in [4.69, 9.17) is 4.74 Å². The van der Waals surface area contributed by atoms with Crippen molar-refractivity contribution in [3.63, 3.8) is 0 Å². The highest BCUT2D eigenvalue weighted by atomic mass is 79.9. The lowest BCUT2D eigenvalue weighted by Crippen LogP contribution is -2.43. The molecule has 2 heterocycles. The van der Waals surface area contributed by atoms with Gasteiger partial charge in [0.15, 0.2) is 0 Å². The molecular formula is C16H20BrN3O3. The largest absolute Gasteiger partial charge is 0.444 e. The quantitative estimate of drug-likeness (QED) is 0.761. The van der Waals surface area contributed by atoms with Gasteiger partial charge in [0.1, 0.15) is 5.60 Å². The van der Waals surface area contributed by atoms with Crippen LogP contribution in [0.15, 0.2) is 21.4 Å². The molecule has 1 aromatic carbocycles. The van der Waals surface area contributed by atoms with E-state index in [0.29, 0.717) is 13.1 Å². The fraction of sp³-hybridized carbons (Fsp3) is 0.500. The lowest BCUT2D eigenvalue weighted by Gasteiger charge is -2.30. The van der Waals surface area contributed by atoms with E-state index in [-0.39, 0.29) is 17.8 Å². The first kappa shape index (κ1) is 16.1. The number of carbonyl (C=O) groups excluding carboxylic acids is 1. The third kappa shape index (κ3) is 2.89. The molecule has 1 amide bonds. The Morgan fingerprint density at radius 1 is 1.39 bits per heavy atom. The highest BCUT2D eigenvalue weighted by Crippen LogP contribution is 2.29. The minimum atomic E-state index is -0.551. The summed E-state index contributed by atoms with van der Waals surface area (Å²) in [7, 11) is 0. The molecule has 0 fully saturated rings. The molecule has 23 heavy (non-hydrogen) atoms. The SMILES string of the molecule is C[C@H]1Cn2c(=O)[nH]c3c(Br)ccc(c32)CN1C(=O)OC(C)(C)C. The second-order valence-electron chi connectivity index (χ2n) is 6.93. The Labute approximate surface area is 142 Å². The third-order valence-corrected chi connectivity index (χ3v) is 4.57. The smallest absolute Gasteiger partial charge is 0.410 e. The summed E-state index contributed by atoms with van der Waals surface area (Å²) in [6.07, 6.45) is -0.358. The molecule has 124 valence electrons. The number of carbonyl (C=O) groups is 1. The van der Waals surface area contributed by atoms with Crippen LogP contribution >= 0.6 is 15.9 Å². The predicted octanol–water partition coefficient (Wildman–Crippen LogP) is 3.23. The summed E-state index contributed by atoms with van der Waals surface area (Å²) >= 11 is 3.47. The summed E-state index contributed by atoms with van der Waals surface area (Å²) in [5.41, 5.74) is 1.83. The van der Waals surface area contributed by atoms with Gasteiger partial charge in [-0.2, -0.15) is 0 Å². The summed E-state index contributed by atoms with van der Waals surface area (Å²) < 4.78 is 8.05. The first-order valence-electron chi connectivity index (χ1n) is 7.57. The minimum absolute atomic E-state index is 0.146. The van der Waals surface area contributed by atoms with Crippen LogP contribution in [-0.2, 0) is 17.8 Å². The number of hydrogen-bond donors (Lipinski definition) is 1. The number of benzene rings is 1. The van der Waals surface area contributed by atoms with Crippen molar-refractivity contribution in [1.29, 1.82) is 0 Å². The lowest BCUT2D eigenvalue weighted by molar-refractivity contribution is 0.0148. The first-order valence-corrected chi connectivity index (χ1v) is 8.36. The first-order chi connectivity index (χ1) is 10.7. The van der Waals surface area contributed by atoms with E-state index < -0.39 is 5.60 Å². The number of rotatable bonds is 0. The van der Waals surface area contributed by atoms with Gasteiger partial charge in [-0.05, 0) is 55.3 Å². The lowest BCUT2D eigenvalue weighted by atomic mass is 10.1. The fourth-order valence-corrected chi connectivity index (χ4v) is 3.30. The van der Waals surface area contributed by atoms with Crippen LogP contribution in [0.1, 0.15) is 33.3 Å². The zero-order valence-electron chi connectivity index (χ0n) is 13.6. The Morgan fingerprint density at radius 2 is 2.09 bits per heavy atom. The number of nitrogens with zero attached hydrogens (tertiary/aromatic N) is 2.